The normalized spacial score (nSPS) is 19.2. The zero-order chi connectivity index (χ0) is 20.5. The Bertz CT molecular complexity index is 799. The fourth-order valence-electron chi connectivity index (χ4n) is 3.79. The Morgan fingerprint density at radius 2 is 1.66 bits per heavy atom. The van der Waals surface area contributed by atoms with Crippen molar-refractivity contribution in [3.8, 4) is 5.75 Å². The lowest BCUT2D eigenvalue weighted by Gasteiger charge is -2.29. The molecule has 3 rings (SSSR count). The molecule has 1 fully saturated rings. The molecular formula is C24H33N3O2+2. The van der Waals surface area contributed by atoms with Gasteiger partial charge in [0, 0.05) is 19.2 Å². The first-order chi connectivity index (χ1) is 14.2. The van der Waals surface area contributed by atoms with Crippen molar-refractivity contribution >= 4 is 12.0 Å². The van der Waals surface area contributed by atoms with Crippen LogP contribution in [0.3, 0.4) is 0 Å². The number of hydrogen-bond donors (Lipinski definition) is 2. The van der Waals surface area contributed by atoms with Gasteiger partial charge in [0.25, 0.3) is 5.91 Å². The third-order valence-electron chi connectivity index (χ3n) is 5.61. The maximum absolute atomic E-state index is 12.7. The van der Waals surface area contributed by atoms with Gasteiger partial charge in [0.05, 0.1) is 13.7 Å². The molecule has 1 aliphatic rings. The molecule has 1 amide bonds. The molecule has 2 aromatic carbocycles. The Morgan fingerprint density at radius 3 is 2.38 bits per heavy atom. The van der Waals surface area contributed by atoms with Crippen LogP contribution in [0.5, 0.6) is 5.75 Å². The smallest absolute Gasteiger partial charge is 0.277 e. The molecule has 0 atom stereocenters. The third-order valence-corrected chi connectivity index (χ3v) is 5.61. The van der Waals surface area contributed by atoms with E-state index >= 15 is 0 Å². The summed E-state index contributed by atoms with van der Waals surface area (Å²) in [6.07, 6.45) is 4.46. The lowest BCUT2D eigenvalue weighted by Crippen LogP contribution is -3.28. The van der Waals surface area contributed by atoms with Gasteiger partial charge in [-0.2, -0.15) is 0 Å². The average Bonchev–Trinajstić information content (AvgIpc) is 2.76. The monoisotopic (exact) mass is 395 g/mol. The molecular weight excluding hydrogens is 362 g/mol. The van der Waals surface area contributed by atoms with E-state index in [2.05, 4.69) is 36.4 Å². The number of carbonyl (C=O) groups is 1. The van der Waals surface area contributed by atoms with E-state index in [0.29, 0.717) is 13.1 Å². The van der Waals surface area contributed by atoms with Crippen LogP contribution in [0, 0.1) is 0 Å². The fourth-order valence-corrected chi connectivity index (χ4v) is 3.79. The number of quaternary nitrogens is 2. The topological polar surface area (TPSA) is 38.4 Å². The zero-order valence-corrected chi connectivity index (χ0v) is 17.6. The Morgan fingerprint density at radius 1 is 1.00 bits per heavy atom. The number of nitrogens with one attached hydrogen (secondary N) is 2. The quantitative estimate of drug-likeness (QED) is 0.668. The Kier molecular flexibility index (Phi) is 7.85. The van der Waals surface area contributed by atoms with E-state index in [1.807, 2.05) is 42.3 Å². The average molecular weight is 396 g/mol. The number of nitrogens with zero attached hydrogens (tertiary/aromatic N) is 1. The first-order valence-electron chi connectivity index (χ1n) is 10.4. The van der Waals surface area contributed by atoms with Gasteiger partial charge in [-0.1, -0.05) is 54.6 Å². The Hall–Kier alpha value is -2.63. The largest absolute Gasteiger partial charge is 0.496 e. The Labute approximate surface area is 174 Å². The summed E-state index contributed by atoms with van der Waals surface area (Å²) in [5.41, 5.74) is 2.29. The molecule has 0 aromatic heterocycles. The number of rotatable bonds is 8. The summed E-state index contributed by atoms with van der Waals surface area (Å²) in [5, 5.41) is 0. The highest BCUT2D eigenvalue weighted by atomic mass is 16.5. The van der Waals surface area contributed by atoms with Crippen molar-refractivity contribution in [1.82, 2.24) is 4.90 Å². The molecule has 0 spiro atoms. The van der Waals surface area contributed by atoms with Crippen LogP contribution < -0.4 is 14.5 Å². The number of piperazine rings is 1. The second kappa shape index (κ2) is 10.8. The minimum atomic E-state index is 0.193. The lowest BCUT2D eigenvalue weighted by molar-refractivity contribution is -1.01. The lowest BCUT2D eigenvalue weighted by atomic mass is 10.2. The number of carbonyl (C=O) groups excluding carboxylic acids is 1. The standard InChI is InChI=1S/C24H31N3O2/c1-25(19-22-12-6-7-13-23(22)29-2)24(28)20-27-17-15-26(16-18-27)14-8-11-21-9-4-3-5-10-21/h3-13H,14-20H2,1-2H3/p+2/b11-8+. The van der Waals surface area contributed by atoms with Crippen LogP contribution in [-0.4, -0.2) is 64.2 Å². The minimum absolute atomic E-state index is 0.193. The van der Waals surface area contributed by atoms with E-state index in [-0.39, 0.29) is 5.91 Å². The van der Waals surface area contributed by atoms with Gasteiger partial charge in [-0.05, 0) is 17.7 Å². The number of likely N-dealkylation sites (N-methyl/N-ethyl adjacent to an activating group) is 1. The van der Waals surface area contributed by atoms with Gasteiger partial charge < -0.3 is 19.4 Å². The first-order valence-corrected chi connectivity index (χ1v) is 10.4. The molecule has 5 nitrogen and oxygen atoms in total. The molecule has 154 valence electrons. The van der Waals surface area contributed by atoms with Crippen molar-refractivity contribution < 1.29 is 19.3 Å². The van der Waals surface area contributed by atoms with Gasteiger partial charge in [-0.3, -0.25) is 4.79 Å². The van der Waals surface area contributed by atoms with Gasteiger partial charge in [-0.25, -0.2) is 0 Å². The molecule has 1 aliphatic heterocycles. The van der Waals surface area contributed by atoms with Crippen LogP contribution in [0.15, 0.2) is 60.7 Å². The van der Waals surface area contributed by atoms with E-state index < -0.39 is 0 Å². The van der Waals surface area contributed by atoms with Gasteiger partial charge >= 0.3 is 0 Å². The number of para-hydroxylation sites is 1. The molecule has 2 N–H and O–H groups in total. The summed E-state index contributed by atoms with van der Waals surface area (Å²) in [4.78, 5) is 17.5. The maximum atomic E-state index is 12.7. The highest BCUT2D eigenvalue weighted by molar-refractivity contribution is 5.76. The molecule has 0 aliphatic carbocycles. The van der Waals surface area contributed by atoms with Crippen LogP contribution in [-0.2, 0) is 11.3 Å². The maximum Gasteiger partial charge on any atom is 0.277 e. The molecule has 1 saturated heterocycles. The van der Waals surface area contributed by atoms with E-state index in [0.717, 1.165) is 44.0 Å². The van der Waals surface area contributed by atoms with E-state index in [1.165, 1.54) is 10.5 Å². The molecule has 0 bridgehead atoms. The molecule has 0 saturated carbocycles. The summed E-state index contributed by atoms with van der Waals surface area (Å²) in [5.74, 6) is 1.03. The number of methoxy groups -OCH3 is 1. The van der Waals surface area contributed by atoms with Crippen molar-refractivity contribution in [2.75, 3.05) is 53.4 Å². The van der Waals surface area contributed by atoms with Crippen LogP contribution in [0.4, 0.5) is 0 Å². The van der Waals surface area contributed by atoms with Crippen molar-refractivity contribution in [3.05, 3.63) is 71.8 Å². The molecule has 0 radical (unpaired) electrons. The highest BCUT2D eigenvalue weighted by Gasteiger charge is 2.25. The molecule has 2 aromatic rings. The van der Waals surface area contributed by atoms with Gasteiger partial charge in [0.15, 0.2) is 6.54 Å². The number of benzene rings is 2. The van der Waals surface area contributed by atoms with Crippen molar-refractivity contribution in [2.24, 2.45) is 0 Å². The summed E-state index contributed by atoms with van der Waals surface area (Å²) < 4.78 is 5.40. The van der Waals surface area contributed by atoms with Crippen LogP contribution in [0.2, 0.25) is 0 Å². The van der Waals surface area contributed by atoms with Crippen molar-refractivity contribution in [3.63, 3.8) is 0 Å². The van der Waals surface area contributed by atoms with Crippen molar-refractivity contribution in [1.29, 1.82) is 0 Å². The van der Waals surface area contributed by atoms with Gasteiger partial charge in [0.2, 0.25) is 0 Å². The SMILES string of the molecule is COc1ccccc1CN(C)C(=O)C[NH+]1CC[NH+](C/C=C/c2ccccc2)CC1. The van der Waals surface area contributed by atoms with Crippen molar-refractivity contribution in [2.45, 2.75) is 6.54 Å². The second-order valence-corrected chi connectivity index (χ2v) is 7.76. The summed E-state index contributed by atoms with van der Waals surface area (Å²) >= 11 is 0. The van der Waals surface area contributed by atoms with Gasteiger partial charge in [-0.15, -0.1) is 0 Å². The second-order valence-electron chi connectivity index (χ2n) is 7.76. The predicted molar refractivity (Wildman–Crippen MR) is 116 cm³/mol. The van der Waals surface area contributed by atoms with E-state index in [9.17, 15) is 4.79 Å². The molecule has 29 heavy (non-hydrogen) atoms. The molecule has 1 heterocycles. The van der Waals surface area contributed by atoms with Crippen LogP contribution in [0.1, 0.15) is 11.1 Å². The van der Waals surface area contributed by atoms with Gasteiger partial charge in [0.1, 0.15) is 31.9 Å². The third kappa shape index (κ3) is 6.44. The first kappa shape index (κ1) is 21.1. The minimum Gasteiger partial charge on any atom is -0.496 e. The summed E-state index contributed by atoms with van der Waals surface area (Å²) in [6, 6.07) is 18.3. The predicted octanol–water partition coefficient (Wildman–Crippen LogP) is 0.150. The summed E-state index contributed by atoms with van der Waals surface area (Å²) in [6.45, 7) is 6.50. The van der Waals surface area contributed by atoms with E-state index in [4.69, 9.17) is 4.74 Å². The highest BCUT2D eigenvalue weighted by Crippen LogP contribution is 2.18. The number of hydrogen-bond acceptors (Lipinski definition) is 2. The Balaban J connectivity index is 1.40. The van der Waals surface area contributed by atoms with Crippen LogP contribution in [0.25, 0.3) is 6.08 Å². The number of amides is 1. The van der Waals surface area contributed by atoms with Crippen LogP contribution >= 0.6 is 0 Å². The zero-order valence-electron chi connectivity index (χ0n) is 17.6. The van der Waals surface area contributed by atoms with E-state index in [1.54, 1.807) is 12.0 Å². The summed E-state index contributed by atoms with van der Waals surface area (Å²) in [7, 11) is 3.55. The fraction of sp³-hybridized carbons (Fsp3) is 0.375. The number of ether oxygens (including phenoxy) is 1. The molecule has 0 unspecified atom stereocenters. The molecule has 5 heteroatoms.